The van der Waals surface area contributed by atoms with Crippen LogP contribution in [0.5, 0.6) is 0 Å². The average molecular weight is 389 g/mol. The van der Waals surface area contributed by atoms with Gasteiger partial charge in [0.05, 0.1) is 12.7 Å². The van der Waals surface area contributed by atoms with Crippen LogP contribution in [0.1, 0.15) is 5.56 Å². The van der Waals surface area contributed by atoms with Crippen molar-refractivity contribution in [1.82, 2.24) is 29.4 Å². The molecule has 8 heteroatoms. The maximum absolute atomic E-state index is 12.9. The Labute approximate surface area is 163 Å². The topological polar surface area (TPSA) is 78.0 Å². The van der Waals surface area contributed by atoms with E-state index in [1.54, 1.807) is 22.8 Å². The summed E-state index contributed by atoms with van der Waals surface area (Å²) in [5.41, 5.74) is 3.58. The molecular formula is C20H13ClN6O. The summed E-state index contributed by atoms with van der Waals surface area (Å²) in [4.78, 5) is 17.3. The van der Waals surface area contributed by atoms with Crippen molar-refractivity contribution in [3.05, 3.63) is 88.1 Å². The number of halogens is 1. The molecule has 0 saturated carbocycles. The standard InChI is InChI=1S/C20H13ClN6O/c21-15-8-6-13(7-9-15)11-26-12-22-19-17(20(26)28)24-25-18-16(10-23-27(18)19)14-4-2-1-3-5-14/h1-10,12H,11H2. The summed E-state index contributed by atoms with van der Waals surface area (Å²) in [6.07, 6.45) is 3.21. The van der Waals surface area contributed by atoms with Gasteiger partial charge in [-0.2, -0.15) is 9.61 Å². The fourth-order valence-electron chi connectivity index (χ4n) is 3.12. The van der Waals surface area contributed by atoms with Crippen molar-refractivity contribution in [2.75, 3.05) is 0 Å². The number of rotatable bonds is 3. The van der Waals surface area contributed by atoms with Crippen molar-refractivity contribution >= 4 is 28.4 Å². The van der Waals surface area contributed by atoms with Crippen LogP contribution in [0.15, 0.2) is 71.9 Å². The van der Waals surface area contributed by atoms with Gasteiger partial charge in [-0.1, -0.05) is 54.1 Å². The van der Waals surface area contributed by atoms with Crippen molar-refractivity contribution < 1.29 is 0 Å². The molecule has 0 radical (unpaired) electrons. The number of aromatic nitrogens is 6. The zero-order valence-electron chi connectivity index (χ0n) is 14.5. The van der Waals surface area contributed by atoms with Crippen molar-refractivity contribution in [1.29, 1.82) is 0 Å². The zero-order chi connectivity index (χ0) is 19.1. The largest absolute Gasteiger partial charge is 0.293 e. The van der Waals surface area contributed by atoms with E-state index in [1.165, 1.54) is 10.9 Å². The summed E-state index contributed by atoms with van der Waals surface area (Å²) in [5, 5.41) is 13.4. The number of hydrogen-bond donors (Lipinski definition) is 0. The van der Waals surface area contributed by atoms with Gasteiger partial charge in [0.25, 0.3) is 5.56 Å². The Balaban J connectivity index is 1.63. The van der Waals surface area contributed by atoms with E-state index in [4.69, 9.17) is 11.6 Å². The van der Waals surface area contributed by atoms with E-state index < -0.39 is 0 Å². The van der Waals surface area contributed by atoms with Gasteiger partial charge in [0.1, 0.15) is 6.33 Å². The number of benzene rings is 2. The third kappa shape index (κ3) is 2.73. The molecule has 0 bridgehead atoms. The predicted molar refractivity (Wildman–Crippen MR) is 106 cm³/mol. The molecule has 0 spiro atoms. The monoisotopic (exact) mass is 388 g/mol. The summed E-state index contributed by atoms with van der Waals surface area (Å²) in [6, 6.07) is 17.1. The maximum Gasteiger partial charge on any atom is 0.283 e. The Bertz CT molecular complexity index is 1360. The van der Waals surface area contributed by atoms with Crippen molar-refractivity contribution in [2.45, 2.75) is 6.54 Å². The molecule has 7 nitrogen and oxygen atoms in total. The predicted octanol–water partition coefficient (Wildman–Crippen LogP) is 3.20. The van der Waals surface area contributed by atoms with E-state index >= 15 is 0 Å². The summed E-state index contributed by atoms with van der Waals surface area (Å²) in [7, 11) is 0. The van der Waals surface area contributed by atoms with Crippen LogP contribution in [0.2, 0.25) is 5.02 Å². The lowest BCUT2D eigenvalue weighted by Crippen LogP contribution is -2.23. The summed E-state index contributed by atoms with van der Waals surface area (Å²) >= 11 is 5.92. The fourth-order valence-corrected chi connectivity index (χ4v) is 3.25. The number of hydrogen-bond acceptors (Lipinski definition) is 5. The second-order valence-electron chi connectivity index (χ2n) is 6.34. The Morgan fingerprint density at radius 1 is 0.929 bits per heavy atom. The van der Waals surface area contributed by atoms with E-state index in [-0.39, 0.29) is 11.1 Å². The first kappa shape index (κ1) is 16.6. The second-order valence-corrected chi connectivity index (χ2v) is 6.77. The molecule has 3 aromatic heterocycles. The van der Waals surface area contributed by atoms with Crippen LogP contribution in [0.3, 0.4) is 0 Å². The van der Waals surface area contributed by atoms with Gasteiger partial charge < -0.3 is 0 Å². The van der Waals surface area contributed by atoms with Crippen LogP contribution in [0.25, 0.3) is 27.9 Å². The zero-order valence-corrected chi connectivity index (χ0v) is 15.3. The van der Waals surface area contributed by atoms with E-state index in [9.17, 15) is 4.79 Å². The van der Waals surface area contributed by atoms with Gasteiger partial charge in [0, 0.05) is 10.6 Å². The lowest BCUT2D eigenvalue weighted by Gasteiger charge is -2.07. The Morgan fingerprint density at radius 3 is 2.50 bits per heavy atom. The molecule has 5 rings (SSSR count). The van der Waals surface area contributed by atoms with E-state index in [1.807, 2.05) is 42.5 Å². The minimum atomic E-state index is -0.272. The molecule has 0 amide bonds. The molecule has 136 valence electrons. The van der Waals surface area contributed by atoms with Crippen LogP contribution < -0.4 is 5.56 Å². The molecule has 0 saturated heterocycles. The minimum Gasteiger partial charge on any atom is -0.293 e. The first-order chi connectivity index (χ1) is 13.7. The van der Waals surface area contributed by atoms with Gasteiger partial charge in [-0.25, -0.2) is 4.98 Å². The SMILES string of the molecule is O=c1c2nnc3c(-c4ccccc4)cnn3c2ncn1Cc1ccc(Cl)cc1. The smallest absolute Gasteiger partial charge is 0.283 e. The summed E-state index contributed by atoms with van der Waals surface area (Å²) < 4.78 is 3.05. The molecule has 0 unspecified atom stereocenters. The van der Waals surface area contributed by atoms with Crippen LogP contribution >= 0.6 is 11.6 Å². The molecule has 3 heterocycles. The molecule has 2 aromatic carbocycles. The van der Waals surface area contributed by atoms with Crippen molar-refractivity contribution in [3.8, 4) is 11.1 Å². The molecule has 0 atom stereocenters. The molecule has 0 aliphatic rings. The Morgan fingerprint density at radius 2 is 1.71 bits per heavy atom. The number of nitrogens with zero attached hydrogens (tertiary/aromatic N) is 6. The third-order valence-electron chi connectivity index (χ3n) is 4.53. The quantitative estimate of drug-likeness (QED) is 0.474. The summed E-state index contributed by atoms with van der Waals surface area (Å²) in [6.45, 7) is 0.368. The van der Waals surface area contributed by atoms with Gasteiger partial charge in [-0.3, -0.25) is 9.36 Å². The van der Waals surface area contributed by atoms with Crippen LogP contribution in [-0.2, 0) is 6.54 Å². The maximum atomic E-state index is 12.9. The highest BCUT2D eigenvalue weighted by Crippen LogP contribution is 2.23. The third-order valence-corrected chi connectivity index (χ3v) is 4.79. The lowest BCUT2D eigenvalue weighted by atomic mass is 10.1. The average Bonchev–Trinajstić information content (AvgIpc) is 3.17. The van der Waals surface area contributed by atoms with Crippen LogP contribution in [0, 0.1) is 0 Å². The normalized spacial score (nSPS) is 11.3. The molecule has 28 heavy (non-hydrogen) atoms. The first-order valence-corrected chi connectivity index (χ1v) is 8.98. The highest BCUT2D eigenvalue weighted by Gasteiger charge is 2.15. The van der Waals surface area contributed by atoms with E-state index in [0.29, 0.717) is 22.9 Å². The molecular weight excluding hydrogens is 376 g/mol. The van der Waals surface area contributed by atoms with Gasteiger partial charge in [-0.15, -0.1) is 10.2 Å². The summed E-state index contributed by atoms with van der Waals surface area (Å²) in [5.74, 6) is 0. The molecule has 0 N–H and O–H groups in total. The highest BCUT2D eigenvalue weighted by atomic mass is 35.5. The Hall–Kier alpha value is -3.58. The first-order valence-electron chi connectivity index (χ1n) is 8.60. The lowest BCUT2D eigenvalue weighted by molar-refractivity contribution is 0.737. The van der Waals surface area contributed by atoms with Gasteiger partial charge in [-0.05, 0) is 23.3 Å². The molecule has 5 aromatic rings. The minimum absolute atomic E-state index is 0.173. The number of fused-ring (bicyclic) bond motifs is 3. The van der Waals surface area contributed by atoms with Crippen molar-refractivity contribution in [3.63, 3.8) is 0 Å². The molecule has 0 aliphatic carbocycles. The van der Waals surface area contributed by atoms with Crippen molar-refractivity contribution in [2.24, 2.45) is 0 Å². The van der Waals surface area contributed by atoms with E-state index in [2.05, 4.69) is 20.3 Å². The second kappa shape index (κ2) is 6.54. The Kier molecular flexibility index (Phi) is 3.87. The van der Waals surface area contributed by atoms with E-state index in [0.717, 1.165) is 16.7 Å². The van der Waals surface area contributed by atoms with Crippen LogP contribution in [0.4, 0.5) is 0 Å². The van der Waals surface area contributed by atoms with Gasteiger partial charge in [0.15, 0.2) is 16.8 Å². The van der Waals surface area contributed by atoms with Crippen LogP contribution in [-0.4, -0.2) is 29.4 Å². The highest BCUT2D eigenvalue weighted by molar-refractivity contribution is 6.30. The van der Waals surface area contributed by atoms with Gasteiger partial charge >= 0.3 is 0 Å². The molecule has 0 aliphatic heterocycles. The molecule has 0 fully saturated rings. The fraction of sp³-hybridized carbons (Fsp3) is 0.0500. The van der Waals surface area contributed by atoms with Gasteiger partial charge in [0.2, 0.25) is 0 Å².